The van der Waals surface area contributed by atoms with E-state index < -0.39 is 0 Å². The SMILES string of the molecule is CC.CCc1ccc(OCO)cc1O. The summed E-state index contributed by atoms with van der Waals surface area (Å²) in [5.41, 5.74) is 0.875. The predicted octanol–water partition coefficient (Wildman–Crippen LogP) is 2.31. The summed E-state index contributed by atoms with van der Waals surface area (Å²) in [6.07, 6.45) is 0.783. The van der Waals surface area contributed by atoms with E-state index >= 15 is 0 Å². The Kier molecular flexibility index (Phi) is 6.58. The molecule has 0 saturated carbocycles. The summed E-state index contributed by atoms with van der Waals surface area (Å²) < 4.78 is 4.78. The third-order valence-electron chi connectivity index (χ3n) is 1.67. The van der Waals surface area contributed by atoms with Crippen LogP contribution in [0.4, 0.5) is 0 Å². The summed E-state index contributed by atoms with van der Waals surface area (Å²) in [5.74, 6) is 0.690. The van der Waals surface area contributed by atoms with Crippen molar-refractivity contribution in [3.63, 3.8) is 0 Å². The van der Waals surface area contributed by atoms with E-state index in [-0.39, 0.29) is 12.5 Å². The van der Waals surface area contributed by atoms with Gasteiger partial charge in [-0.3, -0.25) is 0 Å². The molecule has 3 heteroatoms. The van der Waals surface area contributed by atoms with Crippen molar-refractivity contribution in [3.8, 4) is 11.5 Å². The lowest BCUT2D eigenvalue weighted by Gasteiger charge is -2.05. The number of ether oxygens (including phenoxy) is 1. The molecule has 0 saturated heterocycles. The van der Waals surface area contributed by atoms with Crippen molar-refractivity contribution in [2.45, 2.75) is 27.2 Å². The topological polar surface area (TPSA) is 49.7 Å². The van der Waals surface area contributed by atoms with Gasteiger partial charge in [-0.1, -0.05) is 26.8 Å². The quantitative estimate of drug-likeness (QED) is 0.733. The molecule has 14 heavy (non-hydrogen) atoms. The molecule has 1 aromatic carbocycles. The van der Waals surface area contributed by atoms with Crippen LogP contribution in [0.25, 0.3) is 0 Å². The minimum Gasteiger partial charge on any atom is -0.508 e. The summed E-state index contributed by atoms with van der Waals surface area (Å²) in [6.45, 7) is 5.59. The number of aromatic hydroxyl groups is 1. The smallest absolute Gasteiger partial charge is 0.186 e. The van der Waals surface area contributed by atoms with E-state index in [1.165, 1.54) is 6.07 Å². The van der Waals surface area contributed by atoms with Crippen LogP contribution >= 0.6 is 0 Å². The molecule has 0 unspecified atom stereocenters. The highest BCUT2D eigenvalue weighted by Gasteiger charge is 2.00. The van der Waals surface area contributed by atoms with Gasteiger partial charge < -0.3 is 14.9 Å². The molecule has 0 heterocycles. The van der Waals surface area contributed by atoms with Gasteiger partial charge in [-0.25, -0.2) is 0 Å². The first-order valence-corrected chi connectivity index (χ1v) is 4.83. The third kappa shape index (κ3) is 3.66. The van der Waals surface area contributed by atoms with Gasteiger partial charge in [0.05, 0.1) is 0 Å². The lowest BCUT2D eigenvalue weighted by molar-refractivity contribution is 0.0983. The average molecular weight is 198 g/mol. The standard InChI is InChI=1S/C9H12O3.C2H6/c1-2-7-3-4-8(12-6-10)5-9(7)11;1-2/h3-5,10-11H,2,6H2,1H3;1-2H3. The Hall–Kier alpha value is -1.22. The second-order valence-electron chi connectivity index (χ2n) is 2.42. The van der Waals surface area contributed by atoms with Crippen LogP contribution in [-0.2, 0) is 6.42 Å². The predicted molar refractivity (Wildman–Crippen MR) is 56.5 cm³/mol. The van der Waals surface area contributed by atoms with Crippen molar-refractivity contribution in [1.29, 1.82) is 0 Å². The Morgan fingerprint density at radius 3 is 2.36 bits per heavy atom. The van der Waals surface area contributed by atoms with E-state index in [4.69, 9.17) is 9.84 Å². The van der Waals surface area contributed by atoms with Gasteiger partial charge in [0, 0.05) is 6.07 Å². The Morgan fingerprint density at radius 1 is 1.29 bits per heavy atom. The van der Waals surface area contributed by atoms with Crippen molar-refractivity contribution in [3.05, 3.63) is 23.8 Å². The molecule has 2 N–H and O–H groups in total. The maximum absolute atomic E-state index is 9.36. The molecule has 1 rings (SSSR count). The van der Waals surface area contributed by atoms with Crippen molar-refractivity contribution in [2.75, 3.05) is 6.79 Å². The monoisotopic (exact) mass is 198 g/mol. The molecule has 0 radical (unpaired) electrons. The summed E-state index contributed by atoms with van der Waals surface area (Å²) in [7, 11) is 0. The Morgan fingerprint density at radius 2 is 1.93 bits per heavy atom. The van der Waals surface area contributed by atoms with Crippen LogP contribution in [0.15, 0.2) is 18.2 Å². The van der Waals surface area contributed by atoms with Crippen LogP contribution in [0, 0.1) is 0 Å². The summed E-state index contributed by atoms with van der Waals surface area (Å²) >= 11 is 0. The highest BCUT2D eigenvalue weighted by Crippen LogP contribution is 2.23. The zero-order valence-corrected chi connectivity index (χ0v) is 8.95. The molecule has 0 amide bonds. The van der Waals surface area contributed by atoms with Crippen LogP contribution in [-0.4, -0.2) is 17.0 Å². The fourth-order valence-electron chi connectivity index (χ4n) is 1.01. The van der Waals surface area contributed by atoms with E-state index in [9.17, 15) is 5.11 Å². The number of rotatable bonds is 3. The maximum atomic E-state index is 9.36. The van der Waals surface area contributed by atoms with E-state index in [1.807, 2.05) is 20.8 Å². The fourth-order valence-corrected chi connectivity index (χ4v) is 1.01. The van der Waals surface area contributed by atoms with Crippen LogP contribution < -0.4 is 4.74 Å². The fraction of sp³-hybridized carbons (Fsp3) is 0.455. The van der Waals surface area contributed by atoms with E-state index in [1.54, 1.807) is 12.1 Å². The average Bonchev–Trinajstić information content (AvgIpc) is 2.22. The molecule has 0 spiro atoms. The molecule has 0 fully saturated rings. The van der Waals surface area contributed by atoms with Crippen molar-refractivity contribution >= 4 is 0 Å². The second kappa shape index (κ2) is 7.21. The van der Waals surface area contributed by atoms with Gasteiger partial charge in [-0.15, -0.1) is 0 Å². The first-order chi connectivity index (χ1) is 6.77. The lowest BCUT2D eigenvalue weighted by Crippen LogP contribution is -1.94. The van der Waals surface area contributed by atoms with Gasteiger partial charge in [-0.05, 0) is 18.1 Å². The molecule has 0 aliphatic carbocycles. The number of aliphatic hydroxyl groups excluding tert-OH is 1. The Labute approximate surface area is 85.0 Å². The first kappa shape index (κ1) is 12.8. The number of hydrogen-bond acceptors (Lipinski definition) is 3. The van der Waals surface area contributed by atoms with E-state index in [0.29, 0.717) is 5.75 Å². The van der Waals surface area contributed by atoms with E-state index in [2.05, 4.69) is 0 Å². The molecular formula is C11H18O3. The molecule has 3 nitrogen and oxygen atoms in total. The normalized spacial score (nSPS) is 8.86. The minimum atomic E-state index is -0.370. The summed E-state index contributed by atoms with van der Waals surface area (Å²) in [5, 5.41) is 17.8. The van der Waals surface area contributed by atoms with Crippen LogP contribution in [0.1, 0.15) is 26.3 Å². The molecular weight excluding hydrogens is 180 g/mol. The van der Waals surface area contributed by atoms with Gasteiger partial charge in [0.15, 0.2) is 6.79 Å². The number of phenolic OH excluding ortho intramolecular Hbond substituents is 1. The Bertz CT molecular complexity index is 259. The second-order valence-corrected chi connectivity index (χ2v) is 2.42. The largest absolute Gasteiger partial charge is 0.508 e. The summed E-state index contributed by atoms with van der Waals surface area (Å²) in [4.78, 5) is 0. The van der Waals surface area contributed by atoms with E-state index in [0.717, 1.165) is 12.0 Å². The van der Waals surface area contributed by atoms with Gasteiger partial charge in [0.2, 0.25) is 0 Å². The summed E-state index contributed by atoms with van der Waals surface area (Å²) in [6, 6.07) is 4.99. The molecule has 0 aromatic heterocycles. The number of benzene rings is 1. The van der Waals surface area contributed by atoms with Gasteiger partial charge in [-0.2, -0.15) is 0 Å². The van der Waals surface area contributed by atoms with Crippen LogP contribution in [0.2, 0.25) is 0 Å². The number of aryl methyl sites for hydroxylation is 1. The molecule has 0 aliphatic rings. The van der Waals surface area contributed by atoms with Crippen LogP contribution in [0.3, 0.4) is 0 Å². The van der Waals surface area contributed by atoms with Crippen molar-refractivity contribution < 1.29 is 14.9 Å². The van der Waals surface area contributed by atoms with Gasteiger partial charge >= 0.3 is 0 Å². The third-order valence-corrected chi connectivity index (χ3v) is 1.67. The molecule has 0 atom stereocenters. The zero-order chi connectivity index (χ0) is 11.0. The number of hydrogen-bond donors (Lipinski definition) is 2. The van der Waals surface area contributed by atoms with Crippen molar-refractivity contribution in [2.24, 2.45) is 0 Å². The number of phenols is 1. The Balaban J connectivity index is 0.000000791. The maximum Gasteiger partial charge on any atom is 0.186 e. The lowest BCUT2D eigenvalue weighted by atomic mass is 10.1. The molecule has 1 aromatic rings. The van der Waals surface area contributed by atoms with Gasteiger partial charge in [0.1, 0.15) is 11.5 Å². The van der Waals surface area contributed by atoms with Gasteiger partial charge in [0.25, 0.3) is 0 Å². The molecule has 80 valence electrons. The minimum absolute atomic E-state index is 0.212. The van der Waals surface area contributed by atoms with Crippen molar-refractivity contribution in [1.82, 2.24) is 0 Å². The first-order valence-electron chi connectivity index (χ1n) is 4.83. The van der Waals surface area contributed by atoms with Crippen LogP contribution in [0.5, 0.6) is 11.5 Å². The highest BCUT2D eigenvalue weighted by atomic mass is 16.6. The molecule has 0 bridgehead atoms. The number of aliphatic hydroxyl groups is 1. The highest BCUT2D eigenvalue weighted by molar-refractivity contribution is 5.39. The molecule has 0 aliphatic heterocycles. The zero-order valence-electron chi connectivity index (χ0n) is 8.95.